The summed E-state index contributed by atoms with van der Waals surface area (Å²) in [6.07, 6.45) is 5.05. The van der Waals surface area contributed by atoms with Crippen molar-refractivity contribution in [3.8, 4) is 0 Å². The lowest BCUT2D eigenvalue weighted by molar-refractivity contribution is 0.0975. The van der Waals surface area contributed by atoms with Crippen LogP contribution < -0.4 is 5.32 Å². The Morgan fingerprint density at radius 1 is 1.40 bits per heavy atom. The van der Waals surface area contributed by atoms with Gasteiger partial charge in [-0.25, -0.2) is 4.98 Å². The monoisotopic (exact) mass is 207 g/mol. The molecule has 15 heavy (non-hydrogen) atoms. The molecule has 0 fully saturated rings. The molecule has 0 aliphatic heterocycles. The number of nitrogens with zero attached hydrogens (tertiary/aromatic N) is 2. The first kappa shape index (κ1) is 11.8. The molecule has 1 N–H and O–H groups in total. The van der Waals surface area contributed by atoms with E-state index in [2.05, 4.69) is 36.1 Å². The number of ketones is 1. The molecule has 1 heterocycles. The average Bonchev–Trinajstić information content (AvgIpc) is 2.17. The second-order valence-electron chi connectivity index (χ2n) is 4.44. The molecule has 0 bridgehead atoms. The summed E-state index contributed by atoms with van der Waals surface area (Å²) in [4.78, 5) is 19.4. The van der Waals surface area contributed by atoms with E-state index in [0.717, 1.165) is 0 Å². The van der Waals surface area contributed by atoms with E-state index in [1.165, 1.54) is 12.4 Å². The van der Waals surface area contributed by atoms with Crippen molar-refractivity contribution >= 4 is 5.78 Å². The van der Waals surface area contributed by atoms with E-state index in [4.69, 9.17) is 0 Å². The Kier molecular flexibility index (Phi) is 3.91. The minimum absolute atomic E-state index is 0.0276. The summed E-state index contributed by atoms with van der Waals surface area (Å²) in [5.41, 5.74) is 0.482. The van der Waals surface area contributed by atoms with Gasteiger partial charge in [0.15, 0.2) is 5.78 Å². The Labute approximate surface area is 90.1 Å². The normalized spacial score (nSPS) is 11.4. The predicted molar refractivity (Wildman–Crippen MR) is 58.7 cm³/mol. The topological polar surface area (TPSA) is 54.9 Å². The minimum Gasteiger partial charge on any atom is -0.312 e. The van der Waals surface area contributed by atoms with Crippen molar-refractivity contribution in [2.24, 2.45) is 0 Å². The van der Waals surface area contributed by atoms with Gasteiger partial charge in [-0.15, -0.1) is 0 Å². The fourth-order valence-corrected chi connectivity index (χ4v) is 1.12. The molecular formula is C11H17N3O. The quantitative estimate of drug-likeness (QED) is 0.759. The number of nitrogens with one attached hydrogen (secondary N) is 1. The largest absolute Gasteiger partial charge is 0.312 e. The number of hydrogen-bond acceptors (Lipinski definition) is 4. The van der Waals surface area contributed by atoms with E-state index < -0.39 is 0 Å². The van der Waals surface area contributed by atoms with Crippen LogP contribution in [-0.4, -0.2) is 27.8 Å². The minimum atomic E-state index is 0.0276. The average molecular weight is 207 g/mol. The van der Waals surface area contributed by atoms with Crippen molar-refractivity contribution in [1.82, 2.24) is 15.3 Å². The number of aromatic nitrogens is 2. The third kappa shape index (κ3) is 4.65. The highest BCUT2D eigenvalue weighted by molar-refractivity contribution is 5.93. The number of carbonyl (C=O) groups is 1. The van der Waals surface area contributed by atoms with E-state index >= 15 is 0 Å². The summed E-state index contributed by atoms with van der Waals surface area (Å²) in [7, 11) is 0. The highest BCUT2D eigenvalue weighted by atomic mass is 16.1. The summed E-state index contributed by atoms with van der Waals surface area (Å²) >= 11 is 0. The zero-order valence-corrected chi connectivity index (χ0v) is 9.45. The van der Waals surface area contributed by atoms with Crippen LogP contribution in [0.25, 0.3) is 0 Å². The Morgan fingerprint density at radius 2 is 2.13 bits per heavy atom. The SMILES string of the molecule is CC(C)(C)NCCC(=O)c1cnccn1. The first-order valence-corrected chi connectivity index (χ1v) is 5.03. The van der Waals surface area contributed by atoms with Crippen LogP contribution in [0.1, 0.15) is 37.7 Å². The smallest absolute Gasteiger partial charge is 0.184 e. The van der Waals surface area contributed by atoms with Crippen LogP contribution in [0.4, 0.5) is 0 Å². The van der Waals surface area contributed by atoms with Gasteiger partial charge >= 0.3 is 0 Å². The fourth-order valence-electron chi connectivity index (χ4n) is 1.12. The van der Waals surface area contributed by atoms with E-state index in [1.54, 1.807) is 6.20 Å². The van der Waals surface area contributed by atoms with Gasteiger partial charge in [-0.2, -0.15) is 0 Å². The molecule has 4 heteroatoms. The van der Waals surface area contributed by atoms with Gasteiger partial charge in [0.1, 0.15) is 5.69 Å². The molecule has 0 saturated carbocycles. The molecule has 0 atom stereocenters. The third-order valence-electron chi connectivity index (χ3n) is 1.86. The molecule has 0 unspecified atom stereocenters. The highest BCUT2D eigenvalue weighted by Crippen LogP contribution is 2.00. The Hall–Kier alpha value is -1.29. The molecule has 4 nitrogen and oxygen atoms in total. The Balaban J connectivity index is 2.38. The van der Waals surface area contributed by atoms with Crippen molar-refractivity contribution in [3.05, 3.63) is 24.3 Å². The summed E-state index contributed by atoms with van der Waals surface area (Å²) in [6, 6.07) is 0. The summed E-state index contributed by atoms with van der Waals surface area (Å²) < 4.78 is 0. The molecule has 0 aliphatic rings. The van der Waals surface area contributed by atoms with Crippen LogP contribution >= 0.6 is 0 Å². The van der Waals surface area contributed by atoms with Crippen LogP contribution in [0.5, 0.6) is 0 Å². The number of rotatable bonds is 4. The van der Waals surface area contributed by atoms with Gasteiger partial charge in [0.2, 0.25) is 0 Å². The van der Waals surface area contributed by atoms with Crippen LogP contribution in [-0.2, 0) is 0 Å². The molecule has 0 aliphatic carbocycles. The van der Waals surface area contributed by atoms with Gasteiger partial charge in [0.25, 0.3) is 0 Å². The van der Waals surface area contributed by atoms with Crippen molar-refractivity contribution < 1.29 is 4.79 Å². The van der Waals surface area contributed by atoms with Crippen molar-refractivity contribution in [2.75, 3.05) is 6.54 Å². The fraction of sp³-hybridized carbons (Fsp3) is 0.545. The maximum atomic E-state index is 11.6. The van der Waals surface area contributed by atoms with Crippen molar-refractivity contribution in [2.45, 2.75) is 32.7 Å². The molecular weight excluding hydrogens is 190 g/mol. The summed E-state index contributed by atoms with van der Waals surface area (Å²) in [5, 5.41) is 3.25. The van der Waals surface area contributed by atoms with Gasteiger partial charge in [-0.1, -0.05) is 0 Å². The Bertz CT molecular complexity index is 316. The van der Waals surface area contributed by atoms with E-state index in [0.29, 0.717) is 18.7 Å². The molecule has 0 radical (unpaired) electrons. The van der Waals surface area contributed by atoms with Crippen LogP contribution in [0.3, 0.4) is 0 Å². The maximum absolute atomic E-state index is 11.6. The second kappa shape index (κ2) is 4.98. The van der Waals surface area contributed by atoms with E-state index in [1.807, 2.05) is 0 Å². The number of hydrogen-bond donors (Lipinski definition) is 1. The van der Waals surface area contributed by atoms with Crippen molar-refractivity contribution in [3.63, 3.8) is 0 Å². The zero-order valence-electron chi connectivity index (χ0n) is 9.45. The van der Waals surface area contributed by atoms with Crippen LogP contribution in [0.2, 0.25) is 0 Å². The zero-order chi connectivity index (χ0) is 11.3. The van der Waals surface area contributed by atoms with Gasteiger partial charge in [-0.05, 0) is 20.8 Å². The lowest BCUT2D eigenvalue weighted by Gasteiger charge is -2.19. The number of Topliss-reactive ketones (excluding diaryl/α,β-unsaturated/α-hetero) is 1. The highest BCUT2D eigenvalue weighted by Gasteiger charge is 2.11. The van der Waals surface area contributed by atoms with E-state index in [-0.39, 0.29) is 11.3 Å². The predicted octanol–water partition coefficient (Wildman–Crippen LogP) is 1.44. The van der Waals surface area contributed by atoms with Gasteiger partial charge in [0, 0.05) is 30.9 Å². The van der Waals surface area contributed by atoms with Gasteiger partial charge in [0.05, 0.1) is 6.20 Å². The van der Waals surface area contributed by atoms with E-state index in [9.17, 15) is 4.79 Å². The lowest BCUT2D eigenvalue weighted by Crippen LogP contribution is -2.37. The summed E-state index contributed by atoms with van der Waals surface area (Å²) in [5.74, 6) is 0.0276. The van der Waals surface area contributed by atoms with Gasteiger partial charge in [-0.3, -0.25) is 9.78 Å². The molecule has 0 saturated heterocycles. The lowest BCUT2D eigenvalue weighted by atomic mass is 10.1. The Morgan fingerprint density at radius 3 is 2.67 bits per heavy atom. The summed E-state index contributed by atoms with van der Waals surface area (Å²) in [6.45, 7) is 6.87. The number of carbonyl (C=O) groups excluding carboxylic acids is 1. The molecule has 0 spiro atoms. The first-order valence-electron chi connectivity index (χ1n) is 5.03. The van der Waals surface area contributed by atoms with Crippen LogP contribution in [0.15, 0.2) is 18.6 Å². The first-order chi connectivity index (χ1) is 6.99. The second-order valence-corrected chi connectivity index (χ2v) is 4.44. The van der Waals surface area contributed by atoms with Gasteiger partial charge < -0.3 is 5.32 Å². The molecule has 82 valence electrons. The van der Waals surface area contributed by atoms with Crippen molar-refractivity contribution in [1.29, 1.82) is 0 Å². The molecule has 1 aromatic rings. The molecule has 0 aromatic carbocycles. The maximum Gasteiger partial charge on any atom is 0.184 e. The molecule has 1 rings (SSSR count). The molecule has 1 aromatic heterocycles. The standard InChI is InChI=1S/C11H17N3O/c1-11(2,3)14-5-4-10(15)9-8-12-6-7-13-9/h6-8,14H,4-5H2,1-3H3. The van der Waals surface area contributed by atoms with Crippen LogP contribution in [0, 0.1) is 0 Å². The third-order valence-corrected chi connectivity index (χ3v) is 1.86. The molecule has 0 amide bonds.